The van der Waals surface area contributed by atoms with E-state index in [1.54, 1.807) is 39.4 Å². The summed E-state index contributed by atoms with van der Waals surface area (Å²) in [4.78, 5) is 11.4. The first-order valence-electron chi connectivity index (χ1n) is 9.11. The third-order valence-electron chi connectivity index (χ3n) is 5.36. The third-order valence-corrected chi connectivity index (χ3v) is 8.80. The number of nitrogens with zero attached hydrogens (tertiary/aromatic N) is 4. The summed E-state index contributed by atoms with van der Waals surface area (Å²) in [6, 6.07) is 5.20. The van der Waals surface area contributed by atoms with Crippen molar-refractivity contribution in [3.8, 4) is 0 Å². The van der Waals surface area contributed by atoms with Gasteiger partial charge in [0.05, 0.1) is 50.1 Å². The normalized spacial score (nSPS) is 24.0. The molecule has 2 aromatic heterocycles. The van der Waals surface area contributed by atoms with E-state index in [0.717, 1.165) is 34.0 Å². The number of sulfonamides is 1. The Morgan fingerprint density at radius 2 is 2.18 bits per heavy atom. The zero-order chi connectivity index (χ0) is 19.3. The summed E-state index contributed by atoms with van der Waals surface area (Å²) in [6.45, 7) is 4.97. The summed E-state index contributed by atoms with van der Waals surface area (Å²) >= 11 is 3.09. The predicted octanol–water partition coefficient (Wildman–Crippen LogP) is 2.34. The van der Waals surface area contributed by atoms with Crippen molar-refractivity contribution >= 4 is 42.9 Å². The Bertz CT molecular complexity index is 1110. The molecule has 1 aromatic carbocycles. The Morgan fingerprint density at radius 3 is 3.00 bits per heavy atom. The van der Waals surface area contributed by atoms with E-state index in [9.17, 15) is 8.42 Å². The van der Waals surface area contributed by atoms with Crippen LogP contribution in [-0.4, -0.2) is 66.0 Å². The minimum Gasteiger partial charge on any atom is -0.374 e. The van der Waals surface area contributed by atoms with E-state index >= 15 is 0 Å². The van der Waals surface area contributed by atoms with Gasteiger partial charge in [-0.05, 0) is 25.1 Å². The number of ether oxygens (including phenoxy) is 1. The Morgan fingerprint density at radius 1 is 1.29 bits per heavy atom. The molecule has 2 aliphatic heterocycles. The van der Waals surface area contributed by atoms with Gasteiger partial charge in [0.2, 0.25) is 10.0 Å². The van der Waals surface area contributed by atoms with Crippen LogP contribution < -0.4 is 0 Å². The molecule has 0 unspecified atom stereocenters. The van der Waals surface area contributed by atoms with E-state index in [0.29, 0.717) is 24.6 Å². The van der Waals surface area contributed by atoms with Gasteiger partial charge >= 0.3 is 0 Å². The number of aromatic nitrogens is 2. The molecule has 0 amide bonds. The second kappa shape index (κ2) is 7.12. The lowest BCUT2D eigenvalue weighted by Gasteiger charge is -2.36. The maximum Gasteiger partial charge on any atom is 0.243 e. The molecule has 2 fully saturated rings. The Balaban J connectivity index is 1.38. The lowest BCUT2D eigenvalue weighted by molar-refractivity contribution is -0.0505. The molecule has 10 heteroatoms. The van der Waals surface area contributed by atoms with E-state index in [1.807, 2.05) is 6.92 Å². The van der Waals surface area contributed by atoms with Gasteiger partial charge in [0, 0.05) is 31.6 Å². The molecule has 3 aromatic rings. The molecule has 0 bridgehead atoms. The molecule has 2 atom stereocenters. The molecule has 4 heterocycles. The summed E-state index contributed by atoms with van der Waals surface area (Å²) in [6.07, 6.45) is -0.101. The number of rotatable bonds is 4. The lowest BCUT2D eigenvalue weighted by atomic mass is 10.1. The van der Waals surface area contributed by atoms with Gasteiger partial charge in [-0.25, -0.2) is 18.4 Å². The zero-order valence-corrected chi connectivity index (χ0v) is 17.8. The molecule has 2 aliphatic rings. The largest absolute Gasteiger partial charge is 0.374 e. The van der Waals surface area contributed by atoms with E-state index < -0.39 is 10.0 Å². The van der Waals surface area contributed by atoms with Gasteiger partial charge in [-0.15, -0.1) is 22.7 Å². The zero-order valence-electron chi connectivity index (χ0n) is 15.3. The number of thiazole rings is 2. The van der Waals surface area contributed by atoms with Crippen LogP contribution in [0.1, 0.15) is 10.7 Å². The van der Waals surface area contributed by atoms with Gasteiger partial charge in [0.25, 0.3) is 0 Å². The standard InChI is InChI=1S/C18H20N4O3S3/c1-12-20-13(10-26-12)7-21-4-5-25-17-9-22(8-16(17)21)28(23,24)14-2-3-15-18(6-14)27-11-19-15/h2-3,6,10-11,16-17H,4-5,7-9H2,1H3/t16-,17-/m0/s1. The van der Waals surface area contributed by atoms with Crippen LogP contribution >= 0.6 is 22.7 Å². The maximum atomic E-state index is 13.2. The topological polar surface area (TPSA) is 75.6 Å². The smallest absolute Gasteiger partial charge is 0.243 e. The van der Waals surface area contributed by atoms with Crippen LogP contribution in [0.3, 0.4) is 0 Å². The van der Waals surface area contributed by atoms with Crippen molar-refractivity contribution in [2.45, 2.75) is 30.5 Å². The molecular formula is C18H20N4O3S3. The molecule has 7 nitrogen and oxygen atoms in total. The van der Waals surface area contributed by atoms with Crippen molar-refractivity contribution < 1.29 is 13.2 Å². The van der Waals surface area contributed by atoms with Crippen LogP contribution in [0.4, 0.5) is 0 Å². The molecular weight excluding hydrogens is 416 g/mol. The van der Waals surface area contributed by atoms with E-state index in [1.165, 1.54) is 11.3 Å². The maximum absolute atomic E-state index is 13.2. The summed E-state index contributed by atoms with van der Waals surface area (Å²) in [5, 5.41) is 3.13. The third kappa shape index (κ3) is 3.27. The SMILES string of the molecule is Cc1nc(CN2CCO[C@H]3CN(S(=O)(=O)c4ccc5ncsc5c4)C[C@@H]32)cs1. The van der Waals surface area contributed by atoms with Crippen molar-refractivity contribution in [1.29, 1.82) is 0 Å². The minimum atomic E-state index is -3.57. The second-order valence-corrected chi connectivity index (χ2v) is 11.0. The monoisotopic (exact) mass is 436 g/mol. The number of benzene rings is 1. The molecule has 0 saturated carbocycles. The molecule has 148 valence electrons. The van der Waals surface area contributed by atoms with Gasteiger partial charge in [0.1, 0.15) is 0 Å². The summed E-state index contributed by atoms with van der Waals surface area (Å²) in [5.74, 6) is 0. The first kappa shape index (κ1) is 18.6. The Hall–Kier alpha value is -1.43. The first-order chi connectivity index (χ1) is 13.5. The van der Waals surface area contributed by atoms with Gasteiger partial charge < -0.3 is 4.74 Å². The highest BCUT2D eigenvalue weighted by Crippen LogP contribution is 2.30. The van der Waals surface area contributed by atoms with Crippen LogP contribution in [-0.2, 0) is 21.3 Å². The molecule has 5 rings (SSSR count). The van der Waals surface area contributed by atoms with Crippen molar-refractivity contribution in [3.63, 3.8) is 0 Å². The lowest BCUT2D eigenvalue weighted by Crippen LogP contribution is -2.50. The van der Waals surface area contributed by atoms with Crippen molar-refractivity contribution in [3.05, 3.63) is 39.8 Å². The molecule has 0 aliphatic carbocycles. The molecule has 2 saturated heterocycles. The predicted molar refractivity (Wildman–Crippen MR) is 109 cm³/mol. The number of aryl methyl sites for hydroxylation is 1. The Kier molecular flexibility index (Phi) is 4.73. The molecule has 28 heavy (non-hydrogen) atoms. The van der Waals surface area contributed by atoms with Crippen molar-refractivity contribution in [2.75, 3.05) is 26.2 Å². The molecule has 0 N–H and O–H groups in total. The highest BCUT2D eigenvalue weighted by atomic mass is 32.2. The fourth-order valence-corrected chi connectivity index (χ4v) is 6.84. The second-order valence-electron chi connectivity index (χ2n) is 7.11. The average Bonchev–Trinajstić information content (AvgIpc) is 3.40. The van der Waals surface area contributed by atoms with Gasteiger partial charge in [-0.1, -0.05) is 0 Å². The van der Waals surface area contributed by atoms with Crippen LogP contribution in [0.5, 0.6) is 0 Å². The van der Waals surface area contributed by atoms with Gasteiger partial charge in [-0.2, -0.15) is 4.31 Å². The number of fused-ring (bicyclic) bond motifs is 2. The average molecular weight is 437 g/mol. The van der Waals surface area contributed by atoms with Crippen molar-refractivity contribution in [2.24, 2.45) is 0 Å². The highest BCUT2D eigenvalue weighted by Gasteiger charge is 2.44. The summed E-state index contributed by atoms with van der Waals surface area (Å²) < 4.78 is 34.8. The number of hydrogen-bond acceptors (Lipinski definition) is 8. The molecule has 0 radical (unpaired) electrons. The van der Waals surface area contributed by atoms with E-state index in [4.69, 9.17) is 4.74 Å². The Labute approximate surface area is 171 Å². The van der Waals surface area contributed by atoms with Crippen molar-refractivity contribution in [1.82, 2.24) is 19.2 Å². The first-order valence-corrected chi connectivity index (χ1v) is 12.3. The number of hydrogen-bond donors (Lipinski definition) is 0. The fraction of sp³-hybridized carbons (Fsp3) is 0.444. The van der Waals surface area contributed by atoms with Crippen LogP contribution in [0, 0.1) is 6.92 Å². The van der Waals surface area contributed by atoms with Crippen LogP contribution in [0.2, 0.25) is 0 Å². The van der Waals surface area contributed by atoms with Gasteiger partial charge in [-0.3, -0.25) is 4.90 Å². The molecule has 0 spiro atoms. The fourth-order valence-electron chi connectivity index (χ4n) is 3.95. The van der Waals surface area contributed by atoms with E-state index in [-0.39, 0.29) is 12.1 Å². The summed E-state index contributed by atoms with van der Waals surface area (Å²) in [5.41, 5.74) is 3.60. The highest BCUT2D eigenvalue weighted by molar-refractivity contribution is 7.89. The quantitative estimate of drug-likeness (QED) is 0.625. The van der Waals surface area contributed by atoms with Gasteiger partial charge in [0.15, 0.2) is 0 Å². The van der Waals surface area contributed by atoms with Crippen LogP contribution in [0.25, 0.3) is 10.2 Å². The minimum absolute atomic E-state index is 0.0534. The summed E-state index contributed by atoms with van der Waals surface area (Å²) in [7, 11) is -3.57. The number of morpholine rings is 1. The van der Waals surface area contributed by atoms with Crippen LogP contribution in [0.15, 0.2) is 34.0 Å². The van der Waals surface area contributed by atoms with E-state index in [2.05, 4.69) is 20.2 Å².